The van der Waals surface area contributed by atoms with E-state index in [2.05, 4.69) is 72.6 Å². The molecule has 5 rings (SSSR count). The third-order valence-electron chi connectivity index (χ3n) is 5.98. The summed E-state index contributed by atoms with van der Waals surface area (Å²) < 4.78 is 3.15. The molecule has 184 valence electrons. The van der Waals surface area contributed by atoms with Gasteiger partial charge in [0.15, 0.2) is 0 Å². The summed E-state index contributed by atoms with van der Waals surface area (Å²) in [6.45, 7) is 8.72. The molecular formula is C26H35BrClN5O. The van der Waals surface area contributed by atoms with Crippen molar-refractivity contribution in [3.8, 4) is 0 Å². The van der Waals surface area contributed by atoms with E-state index >= 15 is 0 Å². The Morgan fingerprint density at radius 1 is 1.21 bits per heavy atom. The summed E-state index contributed by atoms with van der Waals surface area (Å²) >= 11 is 9.93. The summed E-state index contributed by atoms with van der Waals surface area (Å²) in [6, 6.07) is 6.50. The molecule has 34 heavy (non-hydrogen) atoms. The van der Waals surface area contributed by atoms with Gasteiger partial charge < -0.3 is 25.6 Å². The molecule has 3 heterocycles. The van der Waals surface area contributed by atoms with Crippen molar-refractivity contribution in [1.82, 2.24) is 25.5 Å². The number of benzene rings is 1. The molecule has 0 bridgehead atoms. The van der Waals surface area contributed by atoms with Crippen LogP contribution in [0.15, 0.2) is 59.1 Å². The van der Waals surface area contributed by atoms with Crippen LogP contribution in [0.4, 0.5) is 0 Å². The van der Waals surface area contributed by atoms with Crippen molar-refractivity contribution in [2.24, 2.45) is 7.05 Å². The van der Waals surface area contributed by atoms with E-state index in [1.807, 2.05) is 31.8 Å². The van der Waals surface area contributed by atoms with Gasteiger partial charge in [0.2, 0.25) is 0 Å². The largest absolute Gasteiger partial charge is 0.397 e. The average molecular weight is 549 g/mol. The minimum atomic E-state index is 0.217. The molecule has 2 unspecified atom stereocenters. The number of nitrogens with zero attached hydrogens (tertiary/aromatic N) is 2. The fourth-order valence-corrected chi connectivity index (χ4v) is 4.84. The molecule has 2 atom stereocenters. The molecule has 1 aliphatic carbocycles. The van der Waals surface area contributed by atoms with Gasteiger partial charge in [0.1, 0.15) is 0 Å². The third-order valence-corrected chi connectivity index (χ3v) is 6.67. The molecule has 1 aromatic carbocycles. The molecule has 4 N–H and O–H groups in total. The van der Waals surface area contributed by atoms with Crippen molar-refractivity contribution in [3.05, 3.63) is 81.0 Å². The van der Waals surface area contributed by atoms with Crippen molar-refractivity contribution < 1.29 is 5.11 Å². The Hall–Kier alpha value is -1.90. The zero-order valence-electron chi connectivity index (χ0n) is 20.1. The zero-order chi connectivity index (χ0) is 24.5. The van der Waals surface area contributed by atoms with E-state index in [4.69, 9.17) is 16.7 Å². The summed E-state index contributed by atoms with van der Waals surface area (Å²) in [5.41, 5.74) is 6.30. The maximum absolute atomic E-state index is 7.57. The van der Waals surface area contributed by atoms with Crippen LogP contribution in [0.1, 0.15) is 36.6 Å². The zero-order valence-corrected chi connectivity index (χ0v) is 22.5. The molecule has 6 nitrogen and oxygen atoms in total. The minimum Gasteiger partial charge on any atom is -0.397 e. The van der Waals surface area contributed by atoms with Crippen molar-refractivity contribution in [2.75, 3.05) is 32.8 Å². The normalized spacial score (nSPS) is 19.7. The smallest absolute Gasteiger partial charge is 0.0945 e. The van der Waals surface area contributed by atoms with Gasteiger partial charge >= 0.3 is 0 Å². The van der Waals surface area contributed by atoms with Crippen LogP contribution in [0, 0.1) is 0 Å². The molecule has 0 amide bonds. The van der Waals surface area contributed by atoms with E-state index in [-0.39, 0.29) is 18.6 Å². The van der Waals surface area contributed by atoms with Crippen LogP contribution in [0.2, 0.25) is 5.02 Å². The van der Waals surface area contributed by atoms with Crippen LogP contribution >= 0.6 is 27.5 Å². The summed E-state index contributed by atoms with van der Waals surface area (Å²) in [5, 5.41) is 18.3. The first-order valence-electron chi connectivity index (χ1n) is 11.8. The van der Waals surface area contributed by atoms with Crippen molar-refractivity contribution >= 4 is 33.1 Å². The van der Waals surface area contributed by atoms with Crippen LogP contribution in [0.5, 0.6) is 0 Å². The van der Waals surface area contributed by atoms with Gasteiger partial charge in [0.05, 0.1) is 12.4 Å². The summed E-state index contributed by atoms with van der Waals surface area (Å²) in [4.78, 5) is 4.29. The Morgan fingerprint density at radius 3 is 2.47 bits per heavy atom. The van der Waals surface area contributed by atoms with Gasteiger partial charge in [-0.1, -0.05) is 30.7 Å². The van der Waals surface area contributed by atoms with E-state index in [1.165, 1.54) is 28.0 Å². The van der Waals surface area contributed by atoms with E-state index in [0.717, 1.165) is 42.1 Å². The standard InChI is InChI=1S/C20H19BrClN3.C4H10N2.C2H6O/c1-12(20-10-23-11-25(20)2)17-6-14-5-15(21)9-24-19(14)7-13-3-4-16(22)8-18(13)17;1-2-6-4-3-5-1;1-2-3/h3-6,8-12,19,24H,7H2,1-2H3;5-6H,1-4H2;3H,2H2,1H3. The molecule has 1 fully saturated rings. The summed E-state index contributed by atoms with van der Waals surface area (Å²) in [5.74, 6) is 0.217. The first-order chi connectivity index (χ1) is 16.4. The number of aryl methyl sites for hydroxylation is 1. The van der Waals surface area contributed by atoms with Gasteiger partial charge in [-0.05, 0) is 69.8 Å². The van der Waals surface area contributed by atoms with Crippen molar-refractivity contribution in [1.29, 1.82) is 0 Å². The number of rotatable bonds is 2. The van der Waals surface area contributed by atoms with Crippen LogP contribution < -0.4 is 16.0 Å². The van der Waals surface area contributed by atoms with Gasteiger partial charge in [-0.15, -0.1) is 0 Å². The lowest BCUT2D eigenvalue weighted by atomic mass is 9.88. The van der Waals surface area contributed by atoms with E-state index in [1.54, 1.807) is 6.92 Å². The molecule has 0 radical (unpaired) electrons. The number of piperazine rings is 1. The molecule has 1 aromatic heterocycles. The number of hydrogen-bond donors (Lipinski definition) is 4. The maximum atomic E-state index is 7.57. The fraction of sp³-hybridized carbons (Fsp3) is 0.423. The van der Waals surface area contributed by atoms with E-state index in [9.17, 15) is 0 Å². The number of fused-ring (bicyclic) bond motifs is 2. The predicted octanol–water partition coefficient (Wildman–Crippen LogP) is 4.13. The lowest BCUT2D eigenvalue weighted by Gasteiger charge is -2.21. The Balaban J connectivity index is 0.000000305. The number of halogens is 2. The van der Waals surface area contributed by atoms with Crippen LogP contribution in [-0.4, -0.2) is 53.5 Å². The van der Waals surface area contributed by atoms with Crippen LogP contribution in [0.25, 0.3) is 5.57 Å². The summed E-state index contributed by atoms with van der Waals surface area (Å²) in [7, 11) is 2.04. The van der Waals surface area contributed by atoms with E-state index in [0.29, 0.717) is 0 Å². The van der Waals surface area contributed by atoms with Gasteiger partial charge in [-0.2, -0.15) is 0 Å². The Kier molecular flexibility index (Phi) is 10.4. The topological polar surface area (TPSA) is 74.1 Å². The molecule has 2 aromatic rings. The highest BCUT2D eigenvalue weighted by atomic mass is 79.9. The molecule has 0 spiro atoms. The van der Waals surface area contributed by atoms with Gasteiger partial charge in [-0.25, -0.2) is 4.98 Å². The fourth-order valence-electron chi connectivity index (χ4n) is 4.28. The van der Waals surface area contributed by atoms with Crippen LogP contribution in [0.3, 0.4) is 0 Å². The highest BCUT2D eigenvalue weighted by Crippen LogP contribution is 2.39. The number of aliphatic hydroxyl groups is 1. The highest BCUT2D eigenvalue weighted by molar-refractivity contribution is 9.11. The first kappa shape index (κ1) is 26.7. The monoisotopic (exact) mass is 547 g/mol. The number of imidazole rings is 1. The second-order valence-electron chi connectivity index (χ2n) is 8.47. The molecule has 8 heteroatoms. The van der Waals surface area contributed by atoms with E-state index < -0.39 is 0 Å². The molecule has 2 aliphatic heterocycles. The number of dihydropyridines is 1. The summed E-state index contributed by atoms with van der Waals surface area (Å²) in [6.07, 6.45) is 11.3. The number of allylic oxidation sites excluding steroid dienone is 3. The lowest BCUT2D eigenvalue weighted by molar-refractivity contribution is 0.318. The maximum Gasteiger partial charge on any atom is 0.0945 e. The van der Waals surface area contributed by atoms with Gasteiger partial charge in [0, 0.05) is 73.3 Å². The number of aromatic nitrogens is 2. The molecule has 0 saturated carbocycles. The number of aliphatic hydroxyl groups excluding tert-OH is 1. The average Bonchev–Trinajstić information content (AvgIpc) is 3.20. The number of hydrogen-bond acceptors (Lipinski definition) is 5. The Morgan fingerprint density at radius 2 is 1.88 bits per heavy atom. The third kappa shape index (κ3) is 7.06. The SMILES string of the molecule is C1CNCCN1.CC(C1=CC2=CC(Br)=CNC2Cc2ccc(Cl)cc21)c1cncn1C.CCO. The van der Waals surface area contributed by atoms with Crippen LogP contribution in [-0.2, 0) is 13.5 Å². The first-order valence-corrected chi connectivity index (χ1v) is 12.9. The molecule has 1 saturated heterocycles. The lowest BCUT2D eigenvalue weighted by Crippen LogP contribution is -2.39. The Bertz CT molecular complexity index is 1030. The van der Waals surface area contributed by atoms with Crippen molar-refractivity contribution in [3.63, 3.8) is 0 Å². The minimum absolute atomic E-state index is 0.217. The molecular weight excluding hydrogens is 514 g/mol. The molecule has 3 aliphatic rings. The quantitative estimate of drug-likeness (QED) is 0.454. The second-order valence-corrected chi connectivity index (χ2v) is 9.82. The second kappa shape index (κ2) is 13.3. The highest BCUT2D eigenvalue weighted by Gasteiger charge is 2.26. The predicted molar refractivity (Wildman–Crippen MR) is 145 cm³/mol. The van der Waals surface area contributed by atoms with Crippen molar-refractivity contribution in [2.45, 2.75) is 32.2 Å². The van der Waals surface area contributed by atoms with Gasteiger partial charge in [0.25, 0.3) is 0 Å². The number of nitrogens with one attached hydrogen (secondary N) is 3. The Labute approximate surface area is 216 Å². The van der Waals surface area contributed by atoms with Gasteiger partial charge in [-0.3, -0.25) is 0 Å².